The predicted octanol–water partition coefficient (Wildman–Crippen LogP) is 2.69. The van der Waals surface area contributed by atoms with Crippen LogP contribution < -0.4 is 10.6 Å². The summed E-state index contributed by atoms with van der Waals surface area (Å²) < 4.78 is 5.35. The predicted molar refractivity (Wildman–Crippen MR) is 117 cm³/mol. The van der Waals surface area contributed by atoms with E-state index in [4.69, 9.17) is 4.74 Å². The Labute approximate surface area is 176 Å². The minimum atomic E-state index is -0.0904. The molecule has 0 aromatic heterocycles. The number of rotatable bonds is 8. The van der Waals surface area contributed by atoms with Gasteiger partial charge in [-0.25, -0.2) is 4.79 Å². The molecule has 0 unspecified atom stereocenters. The average molecular weight is 403 g/mol. The fraction of sp³-hybridized carbons (Fsp3) is 0.696. The van der Waals surface area contributed by atoms with E-state index in [0.717, 1.165) is 63.2 Å². The molecule has 0 bridgehead atoms. The maximum absolute atomic E-state index is 12.0. The minimum absolute atomic E-state index is 0.0904. The van der Waals surface area contributed by atoms with Crippen LogP contribution in [0.5, 0.6) is 0 Å². The van der Waals surface area contributed by atoms with Gasteiger partial charge in [-0.2, -0.15) is 0 Å². The zero-order chi connectivity index (χ0) is 20.5. The van der Waals surface area contributed by atoms with Crippen LogP contribution in [-0.2, 0) is 17.8 Å². The second kappa shape index (κ2) is 11.5. The number of nitrogens with one attached hydrogen (secondary N) is 2. The normalized spacial score (nSPS) is 23.7. The van der Waals surface area contributed by atoms with Crippen LogP contribution in [0, 0.1) is 11.8 Å². The van der Waals surface area contributed by atoms with Crippen molar-refractivity contribution in [1.82, 2.24) is 20.4 Å². The summed E-state index contributed by atoms with van der Waals surface area (Å²) in [5.41, 5.74) is 2.49. The third-order valence-electron chi connectivity index (χ3n) is 5.87. The molecule has 2 amide bonds. The van der Waals surface area contributed by atoms with E-state index in [1.807, 2.05) is 0 Å². The van der Waals surface area contributed by atoms with Crippen LogP contribution in [0.25, 0.3) is 0 Å². The summed E-state index contributed by atoms with van der Waals surface area (Å²) in [4.78, 5) is 16.9. The first-order valence-electron chi connectivity index (χ1n) is 11.2. The van der Waals surface area contributed by atoms with Crippen molar-refractivity contribution in [2.75, 3.05) is 52.5 Å². The largest absolute Gasteiger partial charge is 0.379 e. The van der Waals surface area contributed by atoms with Gasteiger partial charge in [-0.05, 0) is 42.3 Å². The lowest BCUT2D eigenvalue weighted by Crippen LogP contribution is -2.39. The summed E-state index contributed by atoms with van der Waals surface area (Å²) in [6.07, 6.45) is 2.31. The van der Waals surface area contributed by atoms with Crippen LogP contribution in [0.4, 0.5) is 4.79 Å². The monoisotopic (exact) mass is 402 g/mol. The van der Waals surface area contributed by atoms with Gasteiger partial charge >= 0.3 is 6.03 Å². The smallest absolute Gasteiger partial charge is 0.315 e. The Hall–Kier alpha value is -1.63. The van der Waals surface area contributed by atoms with Crippen LogP contribution in [-0.4, -0.2) is 68.3 Å². The second-order valence-corrected chi connectivity index (χ2v) is 8.87. The van der Waals surface area contributed by atoms with Crippen molar-refractivity contribution < 1.29 is 9.53 Å². The highest BCUT2D eigenvalue weighted by Gasteiger charge is 2.21. The van der Waals surface area contributed by atoms with E-state index >= 15 is 0 Å². The van der Waals surface area contributed by atoms with Gasteiger partial charge in [0.1, 0.15) is 0 Å². The lowest BCUT2D eigenvalue weighted by atomic mass is 9.91. The molecule has 1 aromatic rings. The highest BCUT2D eigenvalue weighted by Crippen LogP contribution is 2.22. The number of ether oxygens (including phenoxy) is 1. The van der Waals surface area contributed by atoms with Gasteiger partial charge in [0.05, 0.1) is 13.2 Å². The molecule has 2 N–H and O–H groups in total. The molecule has 29 heavy (non-hydrogen) atoms. The Morgan fingerprint density at radius 1 is 1.00 bits per heavy atom. The SMILES string of the molecule is C[C@H]1C[C@H](C)CN(Cc2ccc(CNC(=O)NCCCN3CCOCC3)cc2)C1. The van der Waals surface area contributed by atoms with Crippen LogP contribution in [0.15, 0.2) is 24.3 Å². The number of urea groups is 1. The van der Waals surface area contributed by atoms with Gasteiger partial charge in [0.15, 0.2) is 0 Å². The molecule has 2 fully saturated rings. The standard InChI is InChI=1S/C23H38N4O2/c1-19-14-20(2)17-27(16-19)18-22-6-4-21(5-7-22)15-25-23(28)24-8-3-9-26-10-12-29-13-11-26/h4-7,19-20H,3,8-18H2,1-2H3,(H2,24,25,28)/t19-,20-/m0/s1. The quantitative estimate of drug-likeness (QED) is 0.657. The molecule has 1 aromatic carbocycles. The number of carbonyl (C=O) groups excluding carboxylic acids is 1. The number of piperidine rings is 1. The fourth-order valence-electron chi connectivity index (χ4n) is 4.52. The van der Waals surface area contributed by atoms with Crippen molar-refractivity contribution in [2.24, 2.45) is 11.8 Å². The number of carbonyl (C=O) groups is 1. The van der Waals surface area contributed by atoms with E-state index in [1.54, 1.807) is 0 Å². The topological polar surface area (TPSA) is 56.8 Å². The molecule has 2 atom stereocenters. The highest BCUT2D eigenvalue weighted by molar-refractivity contribution is 5.73. The Balaban J connectivity index is 1.30. The highest BCUT2D eigenvalue weighted by atomic mass is 16.5. The maximum Gasteiger partial charge on any atom is 0.315 e. The van der Waals surface area contributed by atoms with Crippen LogP contribution in [0.2, 0.25) is 0 Å². The molecule has 6 heteroatoms. The van der Waals surface area contributed by atoms with Crippen molar-refractivity contribution in [3.05, 3.63) is 35.4 Å². The first kappa shape index (κ1) is 22.1. The average Bonchev–Trinajstić information content (AvgIpc) is 2.71. The number of hydrogen-bond donors (Lipinski definition) is 2. The third-order valence-corrected chi connectivity index (χ3v) is 5.87. The Bertz CT molecular complexity index is 606. The molecule has 162 valence electrons. The first-order valence-corrected chi connectivity index (χ1v) is 11.2. The third kappa shape index (κ3) is 7.96. The summed E-state index contributed by atoms with van der Waals surface area (Å²) in [6, 6.07) is 8.56. The number of likely N-dealkylation sites (tertiary alicyclic amines) is 1. The lowest BCUT2D eigenvalue weighted by Gasteiger charge is -2.35. The molecule has 0 radical (unpaired) electrons. The van der Waals surface area contributed by atoms with E-state index in [-0.39, 0.29) is 6.03 Å². The Morgan fingerprint density at radius 3 is 2.34 bits per heavy atom. The lowest BCUT2D eigenvalue weighted by molar-refractivity contribution is 0.0375. The maximum atomic E-state index is 12.0. The van der Waals surface area contributed by atoms with E-state index in [2.05, 4.69) is 58.5 Å². The van der Waals surface area contributed by atoms with Gasteiger partial charge in [-0.3, -0.25) is 9.80 Å². The number of hydrogen-bond acceptors (Lipinski definition) is 4. The van der Waals surface area contributed by atoms with Gasteiger partial charge in [-0.1, -0.05) is 38.1 Å². The first-order chi connectivity index (χ1) is 14.1. The molecular formula is C23H38N4O2. The zero-order valence-corrected chi connectivity index (χ0v) is 18.2. The van der Waals surface area contributed by atoms with Gasteiger partial charge < -0.3 is 15.4 Å². The van der Waals surface area contributed by atoms with Crippen LogP contribution in [0.3, 0.4) is 0 Å². The van der Waals surface area contributed by atoms with Gasteiger partial charge in [0, 0.05) is 45.8 Å². The molecule has 2 saturated heterocycles. The Kier molecular flexibility index (Phi) is 8.77. The molecule has 2 aliphatic rings. The van der Waals surface area contributed by atoms with Crippen LogP contribution >= 0.6 is 0 Å². The number of morpholine rings is 1. The van der Waals surface area contributed by atoms with E-state index in [9.17, 15) is 4.79 Å². The molecule has 6 nitrogen and oxygen atoms in total. The fourth-order valence-corrected chi connectivity index (χ4v) is 4.52. The number of nitrogens with zero attached hydrogens (tertiary/aromatic N) is 2. The van der Waals surface area contributed by atoms with Crippen molar-refractivity contribution in [3.63, 3.8) is 0 Å². The van der Waals surface area contributed by atoms with Gasteiger partial charge in [0.2, 0.25) is 0 Å². The molecule has 0 saturated carbocycles. The van der Waals surface area contributed by atoms with E-state index < -0.39 is 0 Å². The summed E-state index contributed by atoms with van der Waals surface area (Å²) in [7, 11) is 0. The van der Waals surface area contributed by atoms with Gasteiger partial charge in [0.25, 0.3) is 0 Å². The molecule has 0 aliphatic carbocycles. The van der Waals surface area contributed by atoms with Gasteiger partial charge in [-0.15, -0.1) is 0 Å². The molecule has 0 spiro atoms. The summed E-state index contributed by atoms with van der Waals surface area (Å²) in [6.45, 7) is 14.0. The van der Waals surface area contributed by atoms with Crippen molar-refractivity contribution in [1.29, 1.82) is 0 Å². The van der Waals surface area contributed by atoms with E-state index in [1.165, 1.54) is 25.1 Å². The number of amides is 2. The van der Waals surface area contributed by atoms with Crippen molar-refractivity contribution in [2.45, 2.75) is 39.8 Å². The molecule has 3 rings (SSSR count). The number of benzene rings is 1. The second-order valence-electron chi connectivity index (χ2n) is 8.87. The van der Waals surface area contributed by atoms with E-state index in [0.29, 0.717) is 13.1 Å². The summed E-state index contributed by atoms with van der Waals surface area (Å²) in [5.74, 6) is 1.57. The van der Waals surface area contributed by atoms with Crippen molar-refractivity contribution in [3.8, 4) is 0 Å². The molecule has 2 heterocycles. The Morgan fingerprint density at radius 2 is 1.66 bits per heavy atom. The van der Waals surface area contributed by atoms with Crippen molar-refractivity contribution >= 4 is 6.03 Å². The molecular weight excluding hydrogens is 364 g/mol. The minimum Gasteiger partial charge on any atom is -0.379 e. The zero-order valence-electron chi connectivity index (χ0n) is 18.2. The summed E-state index contributed by atoms with van der Waals surface area (Å²) >= 11 is 0. The van der Waals surface area contributed by atoms with Crippen LogP contribution in [0.1, 0.15) is 37.8 Å². The molecule has 2 aliphatic heterocycles. The summed E-state index contributed by atoms with van der Waals surface area (Å²) in [5, 5.41) is 5.91.